The maximum atomic E-state index is 4.13. The van der Waals surface area contributed by atoms with Gasteiger partial charge < -0.3 is 0 Å². The quantitative estimate of drug-likeness (QED) is 0.417. The van der Waals surface area contributed by atoms with E-state index in [4.69, 9.17) is 0 Å². The van der Waals surface area contributed by atoms with Gasteiger partial charge in [0.2, 0.25) is 0 Å². The predicted octanol–water partition coefficient (Wildman–Crippen LogP) is 5.86. The molecule has 0 spiro atoms. The van der Waals surface area contributed by atoms with Crippen molar-refractivity contribution in [2.24, 2.45) is 0 Å². The standard InChI is InChI=1S/C13H9.C9H6N.2ClH.Cr/c1-3-7-12-10(5-1)9-11-6-2-4-8-13(11)12;1-2-6-9-8(4-1)5-3-7-10-9;;;/h1-8,12H;1-5,7H;2*1H;/q2*-1;;;+2. The average molecular weight is 418 g/mol. The summed E-state index contributed by atoms with van der Waals surface area (Å²) in [6, 6.07) is 21.3. The molecular weight excluding hydrogens is 401 g/mol. The van der Waals surface area contributed by atoms with E-state index in [1.165, 1.54) is 16.7 Å². The minimum atomic E-state index is 0. The Morgan fingerprint density at radius 2 is 1.69 bits per heavy atom. The summed E-state index contributed by atoms with van der Waals surface area (Å²) >= 11 is 0. The fourth-order valence-corrected chi connectivity index (χ4v) is 2.92. The second-order valence-corrected chi connectivity index (χ2v) is 5.50. The monoisotopic (exact) mass is 417 g/mol. The van der Waals surface area contributed by atoms with E-state index >= 15 is 0 Å². The van der Waals surface area contributed by atoms with Crippen LogP contribution in [0.3, 0.4) is 0 Å². The summed E-state index contributed by atoms with van der Waals surface area (Å²) in [5, 5.41) is 1.14. The van der Waals surface area contributed by atoms with Gasteiger partial charge in [-0.25, -0.2) is 0 Å². The third kappa shape index (κ3) is 4.67. The van der Waals surface area contributed by atoms with E-state index in [2.05, 4.69) is 65.7 Å². The van der Waals surface area contributed by atoms with Crippen molar-refractivity contribution in [2.75, 3.05) is 0 Å². The second kappa shape index (κ2) is 10.4. The molecule has 3 aromatic rings. The molecule has 1 heterocycles. The van der Waals surface area contributed by atoms with Gasteiger partial charge in [-0.15, -0.1) is 89.4 Å². The van der Waals surface area contributed by atoms with Gasteiger partial charge >= 0.3 is 17.4 Å². The molecule has 0 aliphatic heterocycles. The third-order valence-corrected chi connectivity index (χ3v) is 4.03. The molecule has 2 aliphatic rings. The molecular formula is C22H17Cl2CrN. The van der Waals surface area contributed by atoms with Crippen LogP contribution in [0.1, 0.15) is 17.0 Å². The maximum absolute atomic E-state index is 4.13. The topological polar surface area (TPSA) is 12.9 Å². The van der Waals surface area contributed by atoms with E-state index in [-0.39, 0.29) is 42.2 Å². The van der Waals surface area contributed by atoms with Gasteiger partial charge in [0.1, 0.15) is 0 Å². The molecule has 0 N–H and O–H groups in total. The molecule has 26 heavy (non-hydrogen) atoms. The Bertz CT molecular complexity index is 882. The van der Waals surface area contributed by atoms with Crippen molar-refractivity contribution in [3.05, 3.63) is 114 Å². The van der Waals surface area contributed by atoms with Crippen molar-refractivity contribution >= 4 is 35.7 Å². The molecule has 2 aliphatic carbocycles. The molecule has 0 amide bonds. The SMILES string of the molecule is Cl.Cl.[C-]1=C2C=CC=CC2c2ccccc21.[Cr+2].[c-]1cccc2cccnc12. The molecule has 1 nitrogen and oxygen atoms in total. The summed E-state index contributed by atoms with van der Waals surface area (Å²) in [6.45, 7) is 0. The van der Waals surface area contributed by atoms with Crippen molar-refractivity contribution in [2.45, 2.75) is 5.92 Å². The van der Waals surface area contributed by atoms with Crippen LogP contribution < -0.4 is 0 Å². The minimum Gasteiger partial charge on any atom is -0.283 e. The van der Waals surface area contributed by atoms with Crippen molar-refractivity contribution < 1.29 is 17.4 Å². The van der Waals surface area contributed by atoms with E-state index < -0.39 is 0 Å². The Kier molecular flexibility index (Phi) is 8.86. The zero-order chi connectivity index (χ0) is 15.5. The third-order valence-electron chi connectivity index (χ3n) is 4.03. The minimum absolute atomic E-state index is 0. The molecule has 1 unspecified atom stereocenters. The van der Waals surface area contributed by atoms with Gasteiger partial charge in [-0.2, -0.15) is 24.3 Å². The van der Waals surface area contributed by atoms with Gasteiger partial charge in [0.25, 0.3) is 0 Å². The predicted molar refractivity (Wildman–Crippen MR) is 108 cm³/mol. The van der Waals surface area contributed by atoms with Crippen LogP contribution in [0.4, 0.5) is 0 Å². The van der Waals surface area contributed by atoms with Crippen LogP contribution in [-0.4, -0.2) is 4.98 Å². The first-order valence-corrected chi connectivity index (χ1v) is 7.71. The molecule has 0 saturated carbocycles. The summed E-state index contributed by atoms with van der Waals surface area (Å²) in [5.74, 6) is 0.459. The number of allylic oxidation sites excluding steroid dienone is 5. The summed E-state index contributed by atoms with van der Waals surface area (Å²) in [4.78, 5) is 4.13. The van der Waals surface area contributed by atoms with Crippen LogP contribution in [0.15, 0.2) is 90.7 Å². The number of halogens is 2. The van der Waals surface area contributed by atoms with Crippen LogP contribution in [0.2, 0.25) is 0 Å². The Labute approximate surface area is 177 Å². The summed E-state index contributed by atoms with van der Waals surface area (Å²) < 4.78 is 0. The molecule has 0 radical (unpaired) electrons. The Balaban J connectivity index is 0.000000239. The first-order valence-electron chi connectivity index (χ1n) is 7.71. The number of hydrogen-bond acceptors (Lipinski definition) is 1. The van der Waals surface area contributed by atoms with Gasteiger partial charge in [0.15, 0.2) is 0 Å². The van der Waals surface area contributed by atoms with Crippen molar-refractivity contribution in [1.29, 1.82) is 0 Å². The van der Waals surface area contributed by atoms with Crippen molar-refractivity contribution in [3.8, 4) is 0 Å². The summed E-state index contributed by atoms with van der Waals surface area (Å²) in [7, 11) is 0. The number of rotatable bonds is 0. The molecule has 1 aromatic heterocycles. The number of hydrogen-bond donors (Lipinski definition) is 0. The second-order valence-electron chi connectivity index (χ2n) is 5.50. The van der Waals surface area contributed by atoms with Crippen molar-refractivity contribution in [3.63, 3.8) is 0 Å². The summed E-state index contributed by atoms with van der Waals surface area (Å²) in [5.41, 5.74) is 4.87. The zero-order valence-electron chi connectivity index (χ0n) is 13.8. The molecule has 0 bridgehead atoms. The number of pyridine rings is 1. The van der Waals surface area contributed by atoms with Crippen LogP contribution >= 0.6 is 24.8 Å². The van der Waals surface area contributed by atoms with Gasteiger partial charge in [-0.3, -0.25) is 4.98 Å². The smallest absolute Gasteiger partial charge is 0.283 e. The number of benzene rings is 2. The molecule has 5 rings (SSSR count). The van der Waals surface area contributed by atoms with Gasteiger partial charge in [0, 0.05) is 6.20 Å². The Morgan fingerprint density at radius 1 is 0.885 bits per heavy atom. The number of nitrogens with zero attached hydrogens (tertiary/aromatic N) is 1. The molecule has 130 valence electrons. The maximum Gasteiger partial charge on any atom is 2.00 e. The number of aromatic nitrogens is 1. The first kappa shape index (κ1) is 22.2. The van der Waals surface area contributed by atoms with Crippen molar-refractivity contribution in [1.82, 2.24) is 4.98 Å². The van der Waals surface area contributed by atoms with Crippen LogP contribution in [0, 0.1) is 12.1 Å². The van der Waals surface area contributed by atoms with E-state index in [1.807, 2.05) is 30.3 Å². The molecule has 4 heteroatoms. The molecule has 2 aromatic carbocycles. The summed E-state index contributed by atoms with van der Waals surface area (Å²) in [6.07, 6.45) is 13.7. The van der Waals surface area contributed by atoms with E-state index in [9.17, 15) is 0 Å². The fraction of sp³-hybridized carbons (Fsp3) is 0.0455. The largest absolute Gasteiger partial charge is 2.00 e. The normalized spacial score (nSPS) is 15.1. The van der Waals surface area contributed by atoms with Gasteiger partial charge in [-0.1, -0.05) is 24.3 Å². The van der Waals surface area contributed by atoms with Crippen LogP contribution in [-0.2, 0) is 17.4 Å². The first-order chi connectivity index (χ1) is 11.4. The van der Waals surface area contributed by atoms with Crippen LogP contribution in [0.25, 0.3) is 10.9 Å². The number of fused-ring (bicyclic) bond motifs is 4. The van der Waals surface area contributed by atoms with E-state index in [0.717, 1.165) is 10.9 Å². The van der Waals surface area contributed by atoms with E-state index in [0.29, 0.717) is 5.92 Å². The van der Waals surface area contributed by atoms with Gasteiger partial charge in [0.05, 0.1) is 0 Å². The van der Waals surface area contributed by atoms with Gasteiger partial charge in [-0.05, 0) is 11.4 Å². The Morgan fingerprint density at radius 3 is 2.54 bits per heavy atom. The van der Waals surface area contributed by atoms with Crippen LogP contribution in [0.5, 0.6) is 0 Å². The zero-order valence-corrected chi connectivity index (χ0v) is 16.7. The number of para-hydroxylation sites is 1. The van der Waals surface area contributed by atoms with E-state index in [1.54, 1.807) is 6.20 Å². The average Bonchev–Trinajstić information content (AvgIpc) is 3.01. The molecule has 0 saturated heterocycles. The molecule has 0 fully saturated rings. The fourth-order valence-electron chi connectivity index (χ4n) is 2.92. The molecule has 1 atom stereocenters. The Hall–Kier alpha value is -1.82.